The zero-order valence-corrected chi connectivity index (χ0v) is 23.5. The molecule has 2 aliphatic heterocycles. The van der Waals surface area contributed by atoms with E-state index in [4.69, 9.17) is 25.7 Å². The normalized spacial score (nSPS) is 21.6. The van der Waals surface area contributed by atoms with E-state index in [0.29, 0.717) is 39.4 Å². The third kappa shape index (κ3) is 11.1. The molecule has 0 bridgehead atoms. The van der Waals surface area contributed by atoms with E-state index in [1.54, 1.807) is 4.90 Å². The van der Waals surface area contributed by atoms with Crippen LogP contribution in [0.2, 0.25) is 0 Å². The third-order valence-corrected chi connectivity index (χ3v) is 7.82. The van der Waals surface area contributed by atoms with Crippen LogP contribution in [0.5, 0.6) is 0 Å². The maximum Gasteiger partial charge on any atom is 0.398 e. The van der Waals surface area contributed by atoms with E-state index in [0.717, 1.165) is 58.8 Å². The maximum absolute atomic E-state index is 13.3. The minimum absolute atomic E-state index is 0.111. The van der Waals surface area contributed by atoms with Crippen molar-refractivity contribution in [2.45, 2.75) is 58.8 Å². The standard InChI is InChI=1S/C26H52N6O5/c1-5-20(3)22(27)19-32(10-9-31-13-17-36-18-14-31)25(33)26(34)37-24(23(28)21(4)6-2)29-7-8-30-11-15-35-16-12-30/h20-24,29H,5-19,27-28H2,1-4H3/t20-,21-,22+,23-,24?/m0/s1. The Balaban J connectivity index is 2.02. The van der Waals surface area contributed by atoms with Crippen molar-refractivity contribution in [3.05, 3.63) is 0 Å². The summed E-state index contributed by atoms with van der Waals surface area (Å²) in [6, 6.07) is -0.660. The molecule has 11 nitrogen and oxygen atoms in total. The molecule has 1 amide bonds. The molecule has 5 N–H and O–H groups in total. The van der Waals surface area contributed by atoms with Gasteiger partial charge in [-0.3, -0.25) is 19.9 Å². The van der Waals surface area contributed by atoms with E-state index in [9.17, 15) is 9.59 Å². The maximum atomic E-state index is 13.3. The summed E-state index contributed by atoms with van der Waals surface area (Å²) >= 11 is 0. The van der Waals surface area contributed by atoms with Crippen LogP contribution in [0, 0.1) is 11.8 Å². The molecular weight excluding hydrogens is 476 g/mol. The van der Waals surface area contributed by atoms with Crippen molar-refractivity contribution < 1.29 is 23.8 Å². The lowest BCUT2D eigenvalue weighted by Gasteiger charge is -2.33. The quantitative estimate of drug-likeness (QED) is 0.147. The molecule has 2 fully saturated rings. The minimum atomic E-state index is -0.888. The van der Waals surface area contributed by atoms with Crippen molar-refractivity contribution in [1.29, 1.82) is 0 Å². The fraction of sp³-hybridized carbons (Fsp3) is 0.923. The molecule has 11 heteroatoms. The molecule has 1 unspecified atom stereocenters. The van der Waals surface area contributed by atoms with Gasteiger partial charge in [-0.05, 0) is 11.8 Å². The summed E-state index contributed by atoms with van der Waals surface area (Å²) in [6.45, 7) is 17.1. The SMILES string of the molecule is CC[C@H](C)[C@H](N)CN(CCN1CCOCC1)C(=O)C(=O)OC(NCCN1CCOCC1)[C@@H](N)[C@@H](C)CC. The van der Waals surface area contributed by atoms with Crippen LogP contribution in [-0.4, -0.2) is 130 Å². The first-order valence-electron chi connectivity index (χ1n) is 14.1. The number of hydrogen-bond acceptors (Lipinski definition) is 10. The summed E-state index contributed by atoms with van der Waals surface area (Å²) in [7, 11) is 0. The lowest BCUT2D eigenvalue weighted by Crippen LogP contribution is -2.55. The highest BCUT2D eigenvalue weighted by Gasteiger charge is 2.32. The van der Waals surface area contributed by atoms with E-state index >= 15 is 0 Å². The van der Waals surface area contributed by atoms with Crippen molar-refractivity contribution in [3.63, 3.8) is 0 Å². The van der Waals surface area contributed by atoms with Crippen LogP contribution >= 0.6 is 0 Å². The van der Waals surface area contributed by atoms with Crippen LogP contribution in [0.25, 0.3) is 0 Å². The van der Waals surface area contributed by atoms with Gasteiger partial charge in [0.05, 0.1) is 32.5 Å². The molecule has 0 spiro atoms. The molecule has 37 heavy (non-hydrogen) atoms. The molecule has 0 saturated carbocycles. The number of carbonyl (C=O) groups excluding carboxylic acids is 2. The fourth-order valence-corrected chi connectivity index (χ4v) is 4.41. The van der Waals surface area contributed by atoms with Gasteiger partial charge in [0.25, 0.3) is 0 Å². The lowest BCUT2D eigenvalue weighted by atomic mass is 9.98. The number of ether oxygens (including phenoxy) is 3. The second-order valence-corrected chi connectivity index (χ2v) is 10.5. The summed E-state index contributed by atoms with van der Waals surface area (Å²) in [5, 5.41) is 3.29. The Morgan fingerprint density at radius 1 is 0.919 bits per heavy atom. The molecule has 0 aromatic heterocycles. The molecule has 216 valence electrons. The van der Waals surface area contributed by atoms with E-state index in [2.05, 4.69) is 29.0 Å². The highest BCUT2D eigenvalue weighted by molar-refractivity contribution is 6.32. The average molecular weight is 529 g/mol. The third-order valence-electron chi connectivity index (χ3n) is 7.82. The van der Waals surface area contributed by atoms with Gasteiger partial charge in [-0.1, -0.05) is 40.5 Å². The second kappa shape index (κ2) is 17.3. The van der Waals surface area contributed by atoms with Crippen molar-refractivity contribution in [3.8, 4) is 0 Å². The van der Waals surface area contributed by atoms with Gasteiger partial charge in [0.15, 0.2) is 6.23 Å². The Morgan fingerprint density at radius 2 is 1.46 bits per heavy atom. The van der Waals surface area contributed by atoms with Crippen molar-refractivity contribution in [2.24, 2.45) is 23.3 Å². The van der Waals surface area contributed by atoms with Crippen molar-refractivity contribution >= 4 is 11.9 Å². The van der Waals surface area contributed by atoms with Gasteiger partial charge < -0.3 is 30.6 Å². The zero-order chi connectivity index (χ0) is 27.2. The Kier molecular flexibility index (Phi) is 14.9. The zero-order valence-electron chi connectivity index (χ0n) is 23.5. The largest absolute Gasteiger partial charge is 0.438 e. The summed E-state index contributed by atoms with van der Waals surface area (Å²) in [5.74, 6) is -1.22. The van der Waals surface area contributed by atoms with Gasteiger partial charge in [-0.25, -0.2) is 4.79 Å². The van der Waals surface area contributed by atoms with Gasteiger partial charge in [-0.2, -0.15) is 0 Å². The minimum Gasteiger partial charge on any atom is -0.438 e. The smallest absolute Gasteiger partial charge is 0.398 e. The second-order valence-electron chi connectivity index (χ2n) is 10.5. The highest BCUT2D eigenvalue weighted by Crippen LogP contribution is 2.13. The van der Waals surface area contributed by atoms with E-state index in [1.807, 2.05) is 13.8 Å². The van der Waals surface area contributed by atoms with Crippen LogP contribution in [0.1, 0.15) is 40.5 Å². The van der Waals surface area contributed by atoms with E-state index < -0.39 is 24.1 Å². The van der Waals surface area contributed by atoms with E-state index in [1.165, 1.54) is 0 Å². The fourth-order valence-electron chi connectivity index (χ4n) is 4.41. The number of carbonyl (C=O) groups is 2. The molecule has 0 radical (unpaired) electrons. The Bertz CT molecular complexity index is 659. The number of rotatable bonds is 15. The van der Waals surface area contributed by atoms with Gasteiger partial charge in [0, 0.05) is 64.9 Å². The Hall–Kier alpha value is -1.34. The van der Waals surface area contributed by atoms with Crippen LogP contribution in [-0.2, 0) is 23.8 Å². The van der Waals surface area contributed by atoms with Crippen LogP contribution in [0.15, 0.2) is 0 Å². The molecule has 0 aromatic carbocycles. The predicted octanol–water partition coefficient (Wildman–Crippen LogP) is -0.315. The van der Waals surface area contributed by atoms with Gasteiger partial charge in [0.1, 0.15) is 0 Å². The Labute approximate surface area is 223 Å². The number of hydrogen-bond donors (Lipinski definition) is 3. The molecular formula is C26H52N6O5. The average Bonchev–Trinajstić information content (AvgIpc) is 2.93. The number of nitrogens with one attached hydrogen (secondary N) is 1. The first kappa shape index (κ1) is 31.9. The molecule has 0 aromatic rings. The molecule has 2 heterocycles. The lowest BCUT2D eigenvalue weighted by molar-refractivity contribution is -0.166. The molecule has 0 aliphatic carbocycles. The number of esters is 1. The van der Waals surface area contributed by atoms with Crippen molar-refractivity contribution in [2.75, 3.05) is 85.3 Å². The Morgan fingerprint density at radius 3 is 2.00 bits per heavy atom. The topological polar surface area (TPSA) is 136 Å². The summed E-state index contributed by atoms with van der Waals surface area (Å²) in [5.41, 5.74) is 12.9. The predicted molar refractivity (Wildman–Crippen MR) is 144 cm³/mol. The first-order valence-corrected chi connectivity index (χ1v) is 14.1. The van der Waals surface area contributed by atoms with Crippen LogP contribution in [0.3, 0.4) is 0 Å². The number of nitrogens with zero attached hydrogens (tertiary/aromatic N) is 3. The number of morpholine rings is 2. The van der Waals surface area contributed by atoms with Gasteiger partial charge in [0.2, 0.25) is 0 Å². The molecule has 5 atom stereocenters. The van der Waals surface area contributed by atoms with E-state index in [-0.39, 0.29) is 17.9 Å². The monoisotopic (exact) mass is 528 g/mol. The highest BCUT2D eigenvalue weighted by atomic mass is 16.6. The molecule has 2 saturated heterocycles. The number of amides is 1. The van der Waals surface area contributed by atoms with Crippen molar-refractivity contribution in [1.82, 2.24) is 20.0 Å². The van der Waals surface area contributed by atoms with Crippen LogP contribution < -0.4 is 16.8 Å². The molecule has 2 aliphatic rings. The summed E-state index contributed by atoms with van der Waals surface area (Å²) < 4.78 is 16.6. The first-order chi connectivity index (χ1) is 17.8. The summed E-state index contributed by atoms with van der Waals surface area (Å²) in [6.07, 6.45) is 0.983. The van der Waals surface area contributed by atoms with Gasteiger partial charge >= 0.3 is 11.9 Å². The van der Waals surface area contributed by atoms with Crippen LogP contribution in [0.4, 0.5) is 0 Å². The summed E-state index contributed by atoms with van der Waals surface area (Å²) in [4.78, 5) is 32.6. The number of nitrogens with two attached hydrogens (primary N) is 2. The van der Waals surface area contributed by atoms with Gasteiger partial charge in [-0.15, -0.1) is 0 Å². The molecule has 2 rings (SSSR count).